The molecule has 1 nitrogen and oxygen atoms in total. The summed E-state index contributed by atoms with van der Waals surface area (Å²) >= 11 is 0. The summed E-state index contributed by atoms with van der Waals surface area (Å²) in [6.07, 6.45) is 0. The summed E-state index contributed by atoms with van der Waals surface area (Å²) in [6, 6.07) is 72.6. The Morgan fingerprint density at radius 1 is 0.277 bits per heavy atom. The van der Waals surface area contributed by atoms with Crippen LogP contribution in [0.2, 0.25) is 0 Å². The second-order valence-electron chi connectivity index (χ2n) is 19.5. The van der Waals surface area contributed by atoms with Gasteiger partial charge in [-0.15, -0.1) is 0 Å². The molecule has 14 rings (SSSR count). The highest BCUT2D eigenvalue weighted by molar-refractivity contribution is 6.24. The first kappa shape index (κ1) is 36.7. The second kappa shape index (κ2) is 12.9. The fourth-order valence-electron chi connectivity index (χ4n) is 12.3. The first-order valence-electron chi connectivity index (χ1n) is 23.0. The third kappa shape index (κ3) is 4.88. The molecular weight excluding hydrogens is 785 g/mol. The third-order valence-electron chi connectivity index (χ3n) is 15.4. The van der Waals surface area contributed by atoms with Crippen molar-refractivity contribution in [3.63, 3.8) is 0 Å². The monoisotopic (exact) mass is 828 g/mol. The minimum atomic E-state index is -0.214. The predicted octanol–water partition coefficient (Wildman–Crippen LogP) is 17.8. The number of furan rings is 1. The Hall–Kier alpha value is -7.74. The molecule has 2 aliphatic rings. The number of fused-ring (bicyclic) bond motifs is 14. The highest BCUT2D eigenvalue weighted by atomic mass is 16.3. The van der Waals surface area contributed by atoms with Gasteiger partial charge in [0.15, 0.2) is 0 Å². The summed E-state index contributed by atoms with van der Waals surface area (Å²) in [6.45, 7) is 9.58. The van der Waals surface area contributed by atoms with Crippen LogP contribution >= 0.6 is 0 Å². The molecule has 0 saturated carbocycles. The van der Waals surface area contributed by atoms with Crippen LogP contribution in [0.5, 0.6) is 0 Å². The molecule has 2 aliphatic carbocycles. The van der Waals surface area contributed by atoms with Crippen molar-refractivity contribution < 1.29 is 4.42 Å². The van der Waals surface area contributed by atoms with Crippen molar-refractivity contribution in [2.45, 2.75) is 38.5 Å². The lowest BCUT2D eigenvalue weighted by molar-refractivity contribution is 0.659. The van der Waals surface area contributed by atoms with Crippen molar-refractivity contribution in [1.82, 2.24) is 0 Å². The lowest BCUT2D eigenvalue weighted by atomic mass is 9.79. The van der Waals surface area contributed by atoms with Crippen molar-refractivity contribution in [3.05, 3.63) is 216 Å². The maximum atomic E-state index is 7.18. The lowest BCUT2D eigenvalue weighted by Gasteiger charge is -2.23. The summed E-state index contributed by atoms with van der Waals surface area (Å²) in [5.41, 5.74) is 19.6. The maximum absolute atomic E-state index is 7.18. The molecule has 0 saturated heterocycles. The molecular formula is C64H44O. The molecule has 306 valence electrons. The Bertz CT molecular complexity index is 4000. The fourth-order valence-corrected chi connectivity index (χ4v) is 12.3. The van der Waals surface area contributed by atoms with Gasteiger partial charge in [-0.25, -0.2) is 0 Å². The van der Waals surface area contributed by atoms with Crippen LogP contribution in [0.3, 0.4) is 0 Å². The van der Waals surface area contributed by atoms with Gasteiger partial charge in [-0.05, 0) is 134 Å². The molecule has 0 radical (unpaired) electrons. The Kier molecular flexibility index (Phi) is 7.30. The van der Waals surface area contributed by atoms with Crippen molar-refractivity contribution in [3.8, 4) is 55.6 Å². The Morgan fingerprint density at radius 3 is 1.58 bits per heavy atom. The van der Waals surface area contributed by atoms with Gasteiger partial charge in [0.25, 0.3) is 0 Å². The predicted molar refractivity (Wildman–Crippen MR) is 275 cm³/mol. The van der Waals surface area contributed by atoms with Crippen molar-refractivity contribution in [1.29, 1.82) is 0 Å². The summed E-state index contributed by atoms with van der Waals surface area (Å²) < 4.78 is 7.18. The normalized spacial score (nSPS) is 14.4. The van der Waals surface area contributed by atoms with Crippen molar-refractivity contribution in [2.75, 3.05) is 0 Å². The first-order valence-corrected chi connectivity index (χ1v) is 23.0. The van der Waals surface area contributed by atoms with Gasteiger partial charge < -0.3 is 4.42 Å². The molecule has 0 atom stereocenters. The molecule has 1 heterocycles. The minimum absolute atomic E-state index is 0.168. The molecule has 0 aliphatic heterocycles. The Morgan fingerprint density at radius 2 is 0.831 bits per heavy atom. The van der Waals surface area contributed by atoms with Crippen LogP contribution in [0.4, 0.5) is 0 Å². The van der Waals surface area contributed by atoms with Gasteiger partial charge in [0, 0.05) is 32.6 Å². The Balaban J connectivity index is 0.995. The molecule has 11 aromatic carbocycles. The summed E-state index contributed by atoms with van der Waals surface area (Å²) in [5.74, 6) is 0. The summed E-state index contributed by atoms with van der Waals surface area (Å²) in [7, 11) is 0. The minimum Gasteiger partial charge on any atom is -0.455 e. The number of rotatable bonds is 3. The fraction of sp³-hybridized carbons (Fsp3) is 0.0938. The summed E-state index contributed by atoms with van der Waals surface area (Å²) in [4.78, 5) is 0. The largest absolute Gasteiger partial charge is 0.455 e. The van der Waals surface area contributed by atoms with E-state index in [4.69, 9.17) is 4.42 Å². The van der Waals surface area contributed by atoms with Crippen molar-refractivity contribution >= 4 is 65.0 Å². The third-order valence-corrected chi connectivity index (χ3v) is 15.4. The maximum Gasteiger partial charge on any atom is 0.143 e. The molecule has 0 amide bonds. The quantitative estimate of drug-likeness (QED) is 0.162. The van der Waals surface area contributed by atoms with Crippen LogP contribution in [0, 0.1) is 0 Å². The molecule has 0 N–H and O–H groups in total. The van der Waals surface area contributed by atoms with Crippen LogP contribution in [0.15, 0.2) is 199 Å². The zero-order chi connectivity index (χ0) is 43.3. The lowest BCUT2D eigenvalue weighted by Crippen LogP contribution is -2.15. The van der Waals surface area contributed by atoms with Gasteiger partial charge in [-0.1, -0.05) is 198 Å². The molecule has 0 spiro atoms. The molecule has 1 aromatic heterocycles. The SMILES string of the molecule is CC1(C)c2ccc(-c3c4c(cc5c3oc3c6ccccc6ccc53)C(C)(C)c3ccccc3-4)cc2-c2ccc(-c3c4ccccc4c(-c4cccc5ccccc45)c4ccccc34)cc21. The summed E-state index contributed by atoms with van der Waals surface area (Å²) in [5, 5.41) is 12.3. The topological polar surface area (TPSA) is 13.1 Å². The van der Waals surface area contributed by atoms with Crippen LogP contribution in [0.25, 0.3) is 121 Å². The average Bonchev–Trinajstić information content (AvgIpc) is 3.91. The van der Waals surface area contributed by atoms with Gasteiger partial charge in [0.2, 0.25) is 0 Å². The average molecular weight is 829 g/mol. The van der Waals surface area contributed by atoms with Gasteiger partial charge in [0.1, 0.15) is 11.2 Å². The Labute approximate surface area is 378 Å². The number of hydrogen-bond acceptors (Lipinski definition) is 1. The smallest absolute Gasteiger partial charge is 0.143 e. The number of benzene rings is 11. The van der Waals surface area contributed by atoms with Crippen LogP contribution in [-0.2, 0) is 10.8 Å². The molecule has 65 heavy (non-hydrogen) atoms. The van der Waals surface area contributed by atoms with E-state index in [1.54, 1.807) is 0 Å². The van der Waals surface area contributed by atoms with E-state index >= 15 is 0 Å². The van der Waals surface area contributed by atoms with E-state index in [1.165, 1.54) is 126 Å². The van der Waals surface area contributed by atoms with Gasteiger partial charge in [-0.3, -0.25) is 0 Å². The van der Waals surface area contributed by atoms with Gasteiger partial charge in [-0.2, -0.15) is 0 Å². The van der Waals surface area contributed by atoms with E-state index in [1.807, 2.05) is 0 Å². The zero-order valence-corrected chi connectivity index (χ0v) is 36.9. The molecule has 0 bridgehead atoms. The highest BCUT2D eigenvalue weighted by Gasteiger charge is 2.40. The van der Waals surface area contributed by atoms with E-state index < -0.39 is 0 Å². The molecule has 0 fully saturated rings. The van der Waals surface area contributed by atoms with Crippen molar-refractivity contribution in [2.24, 2.45) is 0 Å². The van der Waals surface area contributed by atoms with Crippen LogP contribution in [0.1, 0.15) is 49.9 Å². The zero-order valence-electron chi connectivity index (χ0n) is 36.9. The highest BCUT2D eigenvalue weighted by Crippen LogP contribution is 2.58. The van der Waals surface area contributed by atoms with Crippen LogP contribution < -0.4 is 0 Å². The standard InChI is InChI=1S/C64H44O/c1-63(2)54-33-30-39(58-60-50-25-13-14-27-53(50)64(3,4)56(60)36-52-49-32-28-38-17-6-8-20-42(38)61(49)65-62(52)58)34-51(54)43-31-29-40(35-55(43)63)57-45-21-9-11-23-47(45)59(48-24-12-10-22-46(48)57)44-26-15-18-37-16-5-7-19-41(37)44/h5-36H,1-4H3. The molecule has 1 heteroatoms. The molecule has 0 unspecified atom stereocenters. The second-order valence-corrected chi connectivity index (χ2v) is 19.5. The first-order chi connectivity index (χ1) is 31.8. The number of hydrogen-bond donors (Lipinski definition) is 0. The van der Waals surface area contributed by atoms with E-state index in [0.717, 1.165) is 16.6 Å². The van der Waals surface area contributed by atoms with E-state index in [2.05, 4.69) is 222 Å². The van der Waals surface area contributed by atoms with E-state index in [0.29, 0.717) is 0 Å². The van der Waals surface area contributed by atoms with Gasteiger partial charge >= 0.3 is 0 Å². The van der Waals surface area contributed by atoms with Gasteiger partial charge in [0.05, 0.1) is 0 Å². The van der Waals surface area contributed by atoms with E-state index in [9.17, 15) is 0 Å². The van der Waals surface area contributed by atoms with Crippen LogP contribution in [-0.4, -0.2) is 0 Å². The molecule has 12 aromatic rings. The van der Waals surface area contributed by atoms with E-state index in [-0.39, 0.29) is 10.8 Å².